The topological polar surface area (TPSA) is 38.8 Å². The highest BCUT2D eigenvalue weighted by Crippen LogP contribution is 2.36. The van der Waals surface area contributed by atoms with Crippen molar-refractivity contribution in [3.05, 3.63) is 94.9 Å². The van der Waals surface area contributed by atoms with Crippen LogP contribution in [0.3, 0.4) is 0 Å². The Hall–Kier alpha value is -3.09. The molecule has 0 bridgehead atoms. The monoisotopic (exact) mass is 503 g/mol. The molecular weight excluding hydrogens is 474 g/mol. The van der Waals surface area contributed by atoms with Crippen molar-refractivity contribution >= 4 is 46.0 Å². The van der Waals surface area contributed by atoms with Crippen LogP contribution in [0.1, 0.15) is 38.3 Å². The average molecular weight is 504 g/mol. The Balaban J connectivity index is 1.29. The number of rotatable bonds is 8. The molecule has 0 saturated carbocycles. The van der Waals surface area contributed by atoms with Crippen LogP contribution in [0, 0.1) is 0 Å². The maximum atomic E-state index is 12.9. The smallest absolute Gasteiger partial charge is 0.270 e. The molecule has 1 aliphatic heterocycles. The molecule has 0 spiro atoms. The Labute approximate surface area is 216 Å². The van der Waals surface area contributed by atoms with Crippen molar-refractivity contribution in [2.75, 3.05) is 18.1 Å². The second-order valence-electron chi connectivity index (χ2n) is 9.25. The summed E-state index contributed by atoms with van der Waals surface area (Å²) < 4.78 is 12.3. The van der Waals surface area contributed by atoms with Gasteiger partial charge in [-0.25, -0.2) is 0 Å². The van der Waals surface area contributed by atoms with Crippen molar-refractivity contribution in [1.82, 2.24) is 0 Å². The van der Waals surface area contributed by atoms with Gasteiger partial charge in [0.1, 0.15) is 11.5 Å². The summed E-state index contributed by atoms with van der Waals surface area (Å²) in [7, 11) is 0. The van der Waals surface area contributed by atoms with Crippen molar-refractivity contribution < 1.29 is 14.3 Å². The first-order valence-corrected chi connectivity index (χ1v) is 12.8. The molecule has 0 aliphatic carbocycles. The van der Waals surface area contributed by atoms with Crippen molar-refractivity contribution in [2.45, 2.75) is 32.6 Å². The van der Waals surface area contributed by atoms with E-state index in [0.29, 0.717) is 22.4 Å². The lowest BCUT2D eigenvalue weighted by molar-refractivity contribution is -0.113. The predicted molar refractivity (Wildman–Crippen MR) is 149 cm³/mol. The number of nitrogens with zero attached hydrogens (tertiary/aromatic N) is 1. The van der Waals surface area contributed by atoms with Crippen LogP contribution in [-0.2, 0) is 10.2 Å². The van der Waals surface area contributed by atoms with E-state index in [-0.39, 0.29) is 11.3 Å². The molecule has 0 aromatic heterocycles. The molecule has 0 atom stereocenters. The normalized spacial score (nSPS) is 15.1. The number of anilines is 1. The van der Waals surface area contributed by atoms with E-state index in [1.54, 1.807) is 4.90 Å². The second-order valence-corrected chi connectivity index (χ2v) is 10.9. The number of amides is 1. The predicted octanol–water partition coefficient (Wildman–Crippen LogP) is 7.24. The van der Waals surface area contributed by atoms with Crippen LogP contribution in [0.4, 0.5) is 5.69 Å². The number of thiocarbonyl (C=S) groups is 1. The van der Waals surface area contributed by atoms with Gasteiger partial charge in [-0.2, -0.15) is 0 Å². The fourth-order valence-electron chi connectivity index (χ4n) is 3.60. The third-order valence-corrected chi connectivity index (χ3v) is 6.81. The van der Waals surface area contributed by atoms with Gasteiger partial charge in [0.2, 0.25) is 0 Å². The molecule has 0 N–H and O–H groups in total. The minimum absolute atomic E-state index is 0.106. The van der Waals surface area contributed by atoms with E-state index in [1.165, 1.54) is 17.3 Å². The molecule has 1 aliphatic rings. The minimum atomic E-state index is -0.106. The van der Waals surface area contributed by atoms with E-state index >= 15 is 0 Å². The Bertz CT molecular complexity index is 1210. The van der Waals surface area contributed by atoms with Gasteiger partial charge in [-0.15, -0.1) is 0 Å². The van der Waals surface area contributed by atoms with Gasteiger partial charge in [0.25, 0.3) is 5.91 Å². The van der Waals surface area contributed by atoms with Gasteiger partial charge in [-0.1, -0.05) is 87.2 Å². The molecule has 1 heterocycles. The highest BCUT2D eigenvalue weighted by Gasteiger charge is 2.33. The number of para-hydroxylation sites is 1. The van der Waals surface area contributed by atoms with Crippen LogP contribution in [0.2, 0.25) is 0 Å². The van der Waals surface area contributed by atoms with Crippen LogP contribution in [0.25, 0.3) is 6.08 Å². The van der Waals surface area contributed by atoms with E-state index in [0.717, 1.165) is 29.2 Å². The lowest BCUT2D eigenvalue weighted by atomic mass is 9.87. The van der Waals surface area contributed by atoms with E-state index < -0.39 is 0 Å². The molecule has 35 heavy (non-hydrogen) atoms. The van der Waals surface area contributed by atoms with Gasteiger partial charge >= 0.3 is 0 Å². The largest absolute Gasteiger partial charge is 0.493 e. The quantitative estimate of drug-likeness (QED) is 0.184. The Morgan fingerprint density at radius 2 is 1.57 bits per heavy atom. The fraction of sp³-hybridized carbons (Fsp3) is 0.241. The molecule has 1 fully saturated rings. The summed E-state index contributed by atoms with van der Waals surface area (Å²) in [6.07, 6.45) is 2.63. The molecule has 6 heteroatoms. The number of thioether (sulfide) groups is 1. The first-order valence-electron chi connectivity index (χ1n) is 11.6. The maximum Gasteiger partial charge on any atom is 0.270 e. The fourth-order valence-corrected chi connectivity index (χ4v) is 4.90. The average Bonchev–Trinajstić information content (AvgIpc) is 3.12. The Morgan fingerprint density at radius 3 is 2.26 bits per heavy atom. The van der Waals surface area contributed by atoms with Crippen LogP contribution >= 0.6 is 24.0 Å². The number of ether oxygens (including phenoxy) is 2. The molecule has 0 radical (unpaired) electrons. The van der Waals surface area contributed by atoms with Crippen LogP contribution in [0.15, 0.2) is 83.8 Å². The van der Waals surface area contributed by atoms with E-state index in [9.17, 15) is 4.79 Å². The number of hydrogen-bond acceptors (Lipinski definition) is 5. The van der Waals surface area contributed by atoms with Crippen molar-refractivity contribution in [1.29, 1.82) is 0 Å². The second kappa shape index (κ2) is 11.1. The SMILES string of the molecule is CC(C)(C)c1ccc(OCCCOc2cccc(C=C3SC(=S)N(c4ccccc4)C3=O)c2)cc1. The Morgan fingerprint density at radius 1 is 0.886 bits per heavy atom. The van der Waals surface area contributed by atoms with E-state index in [1.807, 2.05) is 72.8 Å². The van der Waals surface area contributed by atoms with Crippen molar-refractivity contribution in [2.24, 2.45) is 0 Å². The minimum Gasteiger partial charge on any atom is -0.493 e. The van der Waals surface area contributed by atoms with Crippen molar-refractivity contribution in [3.8, 4) is 11.5 Å². The molecule has 4 rings (SSSR count). The van der Waals surface area contributed by atoms with Gasteiger partial charge in [-0.3, -0.25) is 9.69 Å². The summed E-state index contributed by atoms with van der Waals surface area (Å²) in [6.45, 7) is 7.72. The molecule has 4 nitrogen and oxygen atoms in total. The van der Waals surface area contributed by atoms with Crippen LogP contribution < -0.4 is 14.4 Å². The number of hydrogen-bond donors (Lipinski definition) is 0. The summed E-state index contributed by atoms with van der Waals surface area (Å²) in [5.41, 5.74) is 3.10. The summed E-state index contributed by atoms with van der Waals surface area (Å²) >= 11 is 6.76. The van der Waals surface area contributed by atoms with Crippen LogP contribution in [0.5, 0.6) is 11.5 Å². The summed E-state index contributed by atoms with van der Waals surface area (Å²) in [6, 6.07) is 25.5. The summed E-state index contributed by atoms with van der Waals surface area (Å²) in [5, 5.41) is 0. The zero-order valence-corrected chi connectivity index (χ0v) is 21.8. The molecule has 3 aromatic rings. The van der Waals surface area contributed by atoms with Gasteiger partial charge in [0, 0.05) is 6.42 Å². The zero-order valence-electron chi connectivity index (χ0n) is 20.2. The van der Waals surface area contributed by atoms with E-state index in [2.05, 4.69) is 32.9 Å². The number of carbonyl (C=O) groups is 1. The van der Waals surface area contributed by atoms with Gasteiger partial charge in [0.15, 0.2) is 4.32 Å². The molecule has 180 valence electrons. The number of carbonyl (C=O) groups excluding carboxylic acids is 1. The molecule has 1 saturated heterocycles. The molecule has 0 unspecified atom stereocenters. The third kappa shape index (κ3) is 6.53. The van der Waals surface area contributed by atoms with Crippen molar-refractivity contribution in [3.63, 3.8) is 0 Å². The first-order chi connectivity index (χ1) is 16.8. The Kier molecular flexibility index (Phi) is 7.93. The van der Waals surface area contributed by atoms with Gasteiger partial charge in [0.05, 0.1) is 23.8 Å². The van der Waals surface area contributed by atoms with Gasteiger partial charge < -0.3 is 9.47 Å². The lowest BCUT2D eigenvalue weighted by Gasteiger charge is -2.19. The zero-order chi connectivity index (χ0) is 24.8. The number of benzene rings is 3. The summed E-state index contributed by atoms with van der Waals surface area (Å²) in [5.74, 6) is 1.52. The molecule has 3 aromatic carbocycles. The third-order valence-electron chi connectivity index (χ3n) is 5.51. The van der Waals surface area contributed by atoms with Crippen LogP contribution in [-0.4, -0.2) is 23.4 Å². The molecular formula is C29H29NO3S2. The highest BCUT2D eigenvalue weighted by atomic mass is 32.2. The highest BCUT2D eigenvalue weighted by molar-refractivity contribution is 8.27. The lowest BCUT2D eigenvalue weighted by Crippen LogP contribution is -2.27. The first kappa shape index (κ1) is 25.0. The molecule has 1 amide bonds. The summed E-state index contributed by atoms with van der Waals surface area (Å²) in [4.78, 5) is 15.1. The van der Waals surface area contributed by atoms with Gasteiger partial charge in [-0.05, 0) is 59.0 Å². The standard InChI is InChI=1S/C29H29NO3S2/c1-29(2,3)22-13-15-24(16-14-22)32-17-8-18-33-25-12-7-9-21(19-25)20-26-27(31)30(28(34)35-26)23-10-5-4-6-11-23/h4-7,9-16,19-20H,8,17-18H2,1-3H3. The maximum absolute atomic E-state index is 12.9. The van der Waals surface area contributed by atoms with E-state index in [4.69, 9.17) is 21.7 Å².